The molecule has 4 nitrogen and oxygen atoms in total. The van der Waals surface area contributed by atoms with Gasteiger partial charge in [0, 0.05) is 11.1 Å². The molecule has 1 aromatic heterocycles. The van der Waals surface area contributed by atoms with Crippen LogP contribution in [0.4, 0.5) is 0 Å². The van der Waals surface area contributed by atoms with Crippen LogP contribution in [0.15, 0.2) is 9.72 Å². The van der Waals surface area contributed by atoms with Crippen LogP contribution in [0.25, 0.3) is 0 Å². The fourth-order valence-corrected chi connectivity index (χ4v) is 3.96. The summed E-state index contributed by atoms with van der Waals surface area (Å²) < 4.78 is 0.849. The number of hydrogen-bond donors (Lipinski definition) is 2. The van der Waals surface area contributed by atoms with E-state index in [4.69, 9.17) is 5.11 Å². The van der Waals surface area contributed by atoms with Gasteiger partial charge in [0.05, 0.1) is 17.7 Å². The number of carboxylic acids is 1. The van der Waals surface area contributed by atoms with Crippen LogP contribution in [0.2, 0.25) is 0 Å². The lowest BCUT2D eigenvalue weighted by atomic mass is 10.1. The van der Waals surface area contributed by atoms with Crippen molar-refractivity contribution in [1.82, 2.24) is 4.98 Å². The summed E-state index contributed by atoms with van der Waals surface area (Å²) in [5.41, 5.74) is 0.0620. The fourth-order valence-electron chi connectivity index (χ4n) is 1.96. The molecule has 1 heterocycles. The molecule has 6 heteroatoms. The highest BCUT2D eigenvalue weighted by Crippen LogP contribution is 2.35. The Balaban J connectivity index is 1.86. The van der Waals surface area contributed by atoms with Gasteiger partial charge in [-0.2, -0.15) is 0 Å². The molecule has 1 aromatic rings. The summed E-state index contributed by atoms with van der Waals surface area (Å²) >= 11 is 2.98. The summed E-state index contributed by atoms with van der Waals surface area (Å²) in [7, 11) is 0. The third kappa shape index (κ3) is 3.69. The van der Waals surface area contributed by atoms with Crippen molar-refractivity contribution in [3.05, 3.63) is 11.1 Å². The maximum atomic E-state index is 10.5. The maximum absolute atomic E-state index is 10.5. The molecular formula is C11H15NO3S2. The zero-order valence-electron chi connectivity index (χ0n) is 9.39. The number of thiazole rings is 1. The third-order valence-corrected chi connectivity index (χ3v) is 5.21. The highest BCUT2D eigenvalue weighted by atomic mass is 32.2. The summed E-state index contributed by atoms with van der Waals surface area (Å²) in [5.74, 6) is -0.200. The topological polar surface area (TPSA) is 70.4 Å². The Bertz CT molecular complexity index is 399. The Hall–Kier alpha value is -0.590. The van der Waals surface area contributed by atoms with E-state index >= 15 is 0 Å². The molecule has 94 valence electrons. The third-order valence-electron chi connectivity index (χ3n) is 2.86. The molecule has 0 saturated heterocycles. The van der Waals surface area contributed by atoms with Crippen molar-refractivity contribution in [3.63, 3.8) is 0 Å². The lowest BCUT2D eigenvalue weighted by Gasteiger charge is -2.20. The smallest absolute Gasteiger partial charge is 0.309 e. The minimum Gasteiger partial charge on any atom is -0.481 e. The predicted octanol–water partition coefficient (Wildman–Crippen LogP) is 2.17. The second kappa shape index (κ2) is 5.37. The zero-order chi connectivity index (χ0) is 12.3. The van der Waals surface area contributed by atoms with E-state index in [1.54, 1.807) is 5.38 Å². The molecule has 1 saturated carbocycles. The van der Waals surface area contributed by atoms with Gasteiger partial charge in [-0.05, 0) is 12.8 Å². The molecule has 0 unspecified atom stereocenters. The quantitative estimate of drug-likeness (QED) is 0.805. The number of aromatic nitrogens is 1. The van der Waals surface area contributed by atoms with Gasteiger partial charge in [-0.1, -0.05) is 24.6 Å². The van der Waals surface area contributed by atoms with Gasteiger partial charge < -0.3 is 10.2 Å². The van der Waals surface area contributed by atoms with Gasteiger partial charge in [0.15, 0.2) is 0 Å². The second-order valence-corrected chi connectivity index (χ2v) is 6.48. The summed E-state index contributed by atoms with van der Waals surface area (Å²) in [6.07, 6.45) is 3.90. The van der Waals surface area contributed by atoms with Crippen molar-refractivity contribution in [1.29, 1.82) is 0 Å². The first-order valence-corrected chi connectivity index (χ1v) is 7.45. The SMILES string of the molecule is O=C(O)Cc1csc(SCC2(O)CCCC2)n1. The van der Waals surface area contributed by atoms with E-state index in [1.807, 2.05) is 0 Å². The van der Waals surface area contributed by atoms with E-state index in [-0.39, 0.29) is 6.42 Å². The van der Waals surface area contributed by atoms with Crippen molar-refractivity contribution in [3.8, 4) is 0 Å². The largest absolute Gasteiger partial charge is 0.481 e. The van der Waals surface area contributed by atoms with Crippen LogP contribution in [-0.4, -0.2) is 32.5 Å². The Kier molecular flexibility index (Phi) is 4.06. The first kappa shape index (κ1) is 12.9. The molecule has 2 rings (SSSR count). The lowest BCUT2D eigenvalue weighted by Crippen LogP contribution is -2.26. The van der Waals surface area contributed by atoms with E-state index in [2.05, 4.69) is 4.98 Å². The number of nitrogens with zero attached hydrogens (tertiary/aromatic N) is 1. The fraction of sp³-hybridized carbons (Fsp3) is 0.636. The molecule has 0 aliphatic heterocycles. The average molecular weight is 273 g/mol. The van der Waals surface area contributed by atoms with Crippen molar-refractivity contribution in [2.24, 2.45) is 0 Å². The first-order chi connectivity index (χ1) is 8.07. The van der Waals surface area contributed by atoms with Crippen molar-refractivity contribution >= 4 is 29.1 Å². The molecule has 1 aliphatic carbocycles. The minimum absolute atomic E-state index is 0.0265. The molecule has 0 amide bonds. The Morgan fingerprint density at radius 3 is 2.88 bits per heavy atom. The monoisotopic (exact) mass is 273 g/mol. The minimum atomic E-state index is -0.860. The van der Waals surface area contributed by atoms with Crippen LogP contribution in [0, 0.1) is 0 Å². The van der Waals surface area contributed by atoms with Gasteiger partial charge >= 0.3 is 5.97 Å². The van der Waals surface area contributed by atoms with E-state index in [9.17, 15) is 9.90 Å². The van der Waals surface area contributed by atoms with Crippen LogP contribution in [0.3, 0.4) is 0 Å². The molecule has 1 aliphatic rings. The molecule has 0 spiro atoms. The predicted molar refractivity (Wildman–Crippen MR) is 67.6 cm³/mol. The van der Waals surface area contributed by atoms with Gasteiger partial charge in [0.1, 0.15) is 4.34 Å². The number of aliphatic hydroxyl groups is 1. The molecule has 17 heavy (non-hydrogen) atoms. The standard InChI is InChI=1S/C11H15NO3S2/c13-9(14)5-8-6-16-10(12-8)17-7-11(15)3-1-2-4-11/h6,15H,1-5,7H2,(H,13,14). The number of hydrogen-bond acceptors (Lipinski definition) is 5. The Labute approximate surface area is 108 Å². The normalized spacial score (nSPS) is 18.4. The molecule has 0 atom stereocenters. The van der Waals surface area contributed by atoms with Crippen molar-refractivity contribution < 1.29 is 15.0 Å². The number of rotatable bonds is 5. The van der Waals surface area contributed by atoms with Crippen LogP contribution in [-0.2, 0) is 11.2 Å². The van der Waals surface area contributed by atoms with Gasteiger partial charge in [-0.3, -0.25) is 4.79 Å². The molecule has 2 N–H and O–H groups in total. The Morgan fingerprint density at radius 2 is 2.24 bits per heavy atom. The van der Waals surface area contributed by atoms with Crippen molar-refractivity contribution in [2.45, 2.75) is 42.0 Å². The summed E-state index contributed by atoms with van der Waals surface area (Å²) in [4.78, 5) is 14.7. The molecule has 1 fully saturated rings. The molecule has 0 bridgehead atoms. The van der Waals surface area contributed by atoms with Gasteiger partial charge in [-0.25, -0.2) is 4.98 Å². The second-order valence-electron chi connectivity index (χ2n) is 4.40. The highest BCUT2D eigenvalue weighted by molar-refractivity contribution is 8.01. The van der Waals surface area contributed by atoms with E-state index in [0.29, 0.717) is 11.4 Å². The van der Waals surface area contributed by atoms with Crippen molar-refractivity contribution in [2.75, 3.05) is 5.75 Å². The first-order valence-electron chi connectivity index (χ1n) is 5.59. The highest BCUT2D eigenvalue weighted by Gasteiger charge is 2.31. The van der Waals surface area contributed by atoms with Crippen LogP contribution >= 0.6 is 23.1 Å². The van der Waals surface area contributed by atoms with Crippen LogP contribution < -0.4 is 0 Å². The lowest BCUT2D eigenvalue weighted by molar-refractivity contribution is -0.136. The van der Waals surface area contributed by atoms with Gasteiger partial charge in [0.25, 0.3) is 0 Å². The van der Waals surface area contributed by atoms with E-state index in [1.165, 1.54) is 23.1 Å². The number of carboxylic acid groups (broad SMARTS) is 1. The van der Waals surface area contributed by atoms with E-state index in [0.717, 1.165) is 30.0 Å². The van der Waals surface area contributed by atoms with Crippen LogP contribution in [0.1, 0.15) is 31.4 Å². The number of carbonyl (C=O) groups is 1. The summed E-state index contributed by atoms with van der Waals surface area (Å²) in [6.45, 7) is 0. The molecule has 0 aromatic carbocycles. The number of aliphatic carboxylic acids is 1. The van der Waals surface area contributed by atoms with E-state index < -0.39 is 11.6 Å². The summed E-state index contributed by atoms with van der Waals surface area (Å²) in [5, 5.41) is 20.6. The Morgan fingerprint density at radius 1 is 1.53 bits per heavy atom. The van der Waals surface area contributed by atoms with Gasteiger partial charge in [-0.15, -0.1) is 11.3 Å². The number of thioether (sulfide) groups is 1. The molecule has 0 radical (unpaired) electrons. The zero-order valence-corrected chi connectivity index (χ0v) is 11.0. The maximum Gasteiger partial charge on any atom is 0.309 e. The van der Waals surface area contributed by atoms with Crippen LogP contribution in [0.5, 0.6) is 0 Å². The molecular weight excluding hydrogens is 258 g/mol. The van der Waals surface area contributed by atoms with Gasteiger partial charge in [0.2, 0.25) is 0 Å². The summed E-state index contributed by atoms with van der Waals surface area (Å²) in [6, 6.07) is 0. The average Bonchev–Trinajstić information content (AvgIpc) is 2.85.